The number of allylic oxidation sites excluding steroid dienone is 1. The third-order valence-corrected chi connectivity index (χ3v) is 1.26. The Morgan fingerprint density at radius 1 is 1.42 bits per heavy atom. The standard InChI is InChI=1S/C8H13NO3/c1-7(11-3)5-6-8(10)9(2)12-4/h5-6H,1H2,2-4H3/b6-5+. The van der Waals surface area contributed by atoms with Gasteiger partial charge in [0.1, 0.15) is 5.76 Å². The molecule has 68 valence electrons. The first-order chi connectivity index (χ1) is 5.61. The van der Waals surface area contributed by atoms with Gasteiger partial charge in [-0.25, -0.2) is 5.06 Å². The minimum atomic E-state index is -0.268. The van der Waals surface area contributed by atoms with Crippen LogP contribution in [0.1, 0.15) is 0 Å². The maximum atomic E-state index is 11.0. The number of amides is 1. The number of carbonyl (C=O) groups is 1. The fraction of sp³-hybridized carbons (Fsp3) is 0.375. The molecule has 0 aliphatic carbocycles. The molecule has 0 heterocycles. The van der Waals surface area contributed by atoms with E-state index in [-0.39, 0.29) is 5.91 Å². The van der Waals surface area contributed by atoms with E-state index in [1.165, 1.54) is 33.4 Å². The molecule has 0 aromatic rings. The number of rotatable bonds is 4. The third kappa shape index (κ3) is 3.78. The Hall–Kier alpha value is -1.29. The van der Waals surface area contributed by atoms with Crippen LogP contribution in [0.25, 0.3) is 0 Å². The van der Waals surface area contributed by atoms with Gasteiger partial charge in [0, 0.05) is 13.1 Å². The highest BCUT2D eigenvalue weighted by atomic mass is 16.7. The van der Waals surface area contributed by atoms with Crippen LogP contribution in [0.4, 0.5) is 0 Å². The predicted octanol–water partition coefficient (Wildman–Crippen LogP) is 0.722. The largest absolute Gasteiger partial charge is 0.497 e. The lowest BCUT2D eigenvalue weighted by Gasteiger charge is -2.09. The molecule has 0 spiro atoms. The van der Waals surface area contributed by atoms with Gasteiger partial charge in [0.15, 0.2) is 0 Å². The topological polar surface area (TPSA) is 38.8 Å². The first-order valence-electron chi connectivity index (χ1n) is 3.34. The van der Waals surface area contributed by atoms with E-state index in [1.54, 1.807) is 0 Å². The fourth-order valence-electron chi connectivity index (χ4n) is 0.427. The molecule has 4 nitrogen and oxygen atoms in total. The van der Waals surface area contributed by atoms with Crippen molar-refractivity contribution < 1.29 is 14.4 Å². The highest BCUT2D eigenvalue weighted by Crippen LogP contribution is 1.94. The lowest BCUT2D eigenvalue weighted by atomic mass is 10.4. The Balaban J connectivity index is 3.99. The van der Waals surface area contributed by atoms with Gasteiger partial charge in [0.2, 0.25) is 0 Å². The van der Waals surface area contributed by atoms with Gasteiger partial charge >= 0.3 is 0 Å². The first-order valence-corrected chi connectivity index (χ1v) is 3.34. The summed E-state index contributed by atoms with van der Waals surface area (Å²) in [4.78, 5) is 15.7. The van der Waals surface area contributed by atoms with Gasteiger partial charge in [-0.15, -0.1) is 0 Å². The Kier molecular flexibility index (Phi) is 4.79. The van der Waals surface area contributed by atoms with Gasteiger partial charge in [-0.2, -0.15) is 0 Å². The molecule has 0 rings (SSSR count). The van der Waals surface area contributed by atoms with Crippen molar-refractivity contribution in [3.05, 3.63) is 24.5 Å². The van der Waals surface area contributed by atoms with Crippen LogP contribution in [0.5, 0.6) is 0 Å². The second-order valence-corrected chi connectivity index (χ2v) is 2.02. The number of ether oxygens (including phenoxy) is 1. The number of likely N-dealkylation sites (N-methyl/N-ethyl adjacent to an activating group) is 1. The molecule has 1 amide bonds. The Labute approximate surface area is 72.0 Å². The average molecular weight is 171 g/mol. The van der Waals surface area contributed by atoms with Crippen LogP contribution in [-0.2, 0) is 14.4 Å². The van der Waals surface area contributed by atoms with Crippen LogP contribution in [-0.4, -0.2) is 32.2 Å². The van der Waals surface area contributed by atoms with Crippen LogP contribution >= 0.6 is 0 Å². The number of methoxy groups -OCH3 is 1. The lowest BCUT2D eigenvalue weighted by molar-refractivity contribution is -0.162. The molecule has 0 saturated heterocycles. The summed E-state index contributed by atoms with van der Waals surface area (Å²) in [5.41, 5.74) is 0. The molecule has 0 radical (unpaired) electrons. The predicted molar refractivity (Wildman–Crippen MR) is 45.1 cm³/mol. The SMILES string of the molecule is C=C(/C=C/C(=O)N(C)OC)OC. The van der Waals surface area contributed by atoms with Crippen molar-refractivity contribution in [2.75, 3.05) is 21.3 Å². The van der Waals surface area contributed by atoms with Gasteiger partial charge in [0.05, 0.1) is 14.2 Å². The Morgan fingerprint density at radius 3 is 2.42 bits per heavy atom. The number of carbonyl (C=O) groups excluding carboxylic acids is 1. The van der Waals surface area contributed by atoms with Crippen molar-refractivity contribution >= 4 is 5.91 Å². The second kappa shape index (κ2) is 5.37. The number of hydroxylamine groups is 2. The zero-order chi connectivity index (χ0) is 9.56. The maximum Gasteiger partial charge on any atom is 0.269 e. The minimum Gasteiger partial charge on any atom is -0.497 e. The summed E-state index contributed by atoms with van der Waals surface area (Å²) >= 11 is 0. The molecule has 0 fully saturated rings. The zero-order valence-electron chi connectivity index (χ0n) is 7.53. The summed E-state index contributed by atoms with van der Waals surface area (Å²) in [5, 5.41) is 1.10. The molecule has 0 atom stereocenters. The average Bonchev–Trinajstić information content (AvgIpc) is 2.11. The monoisotopic (exact) mass is 171 g/mol. The molecule has 12 heavy (non-hydrogen) atoms. The van der Waals surface area contributed by atoms with Crippen molar-refractivity contribution in [2.24, 2.45) is 0 Å². The third-order valence-electron chi connectivity index (χ3n) is 1.26. The molecular weight excluding hydrogens is 158 g/mol. The fourth-order valence-corrected chi connectivity index (χ4v) is 0.427. The van der Waals surface area contributed by atoms with Crippen LogP contribution in [0, 0.1) is 0 Å². The highest BCUT2D eigenvalue weighted by Gasteiger charge is 2.01. The van der Waals surface area contributed by atoms with Crippen molar-refractivity contribution in [1.29, 1.82) is 0 Å². The number of hydrogen-bond donors (Lipinski definition) is 0. The van der Waals surface area contributed by atoms with Crippen LogP contribution < -0.4 is 0 Å². The summed E-state index contributed by atoms with van der Waals surface area (Å²) < 4.78 is 4.72. The van der Waals surface area contributed by atoms with Crippen molar-refractivity contribution in [3.63, 3.8) is 0 Å². The van der Waals surface area contributed by atoms with E-state index in [4.69, 9.17) is 4.74 Å². The molecule has 4 heteroatoms. The molecule has 0 aliphatic heterocycles. The Morgan fingerprint density at radius 2 is 2.00 bits per heavy atom. The van der Waals surface area contributed by atoms with E-state index in [1.807, 2.05) is 0 Å². The van der Waals surface area contributed by atoms with E-state index < -0.39 is 0 Å². The minimum absolute atomic E-state index is 0.268. The molecule has 0 bridgehead atoms. The van der Waals surface area contributed by atoms with Crippen LogP contribution in [0.15, 0.2) is 24.5 Å². The van der Waals surface area contributed by atoms with Gasteiger partial charge in [0.25, 0.3) is 5.91 Å². The van der Waals surface area contributed by atoms with Crippen molar-refractivity contribution in [3.8, 4) is 0 Å². The van der Waals surface area contributed by atoms with E-state index in [0.717, 1.165) is 5.06 Å². The summed E-state index contributed by atoms with van der Waals surface area (Å²) in [7, 11) is 4.41. The van der Waals surface area contributed by atoms with Gasteiger partial charge in [-0.05, 0) is 6.08 Å². The van der Waals surface area contributed by atoms with E-state index in [2.05, 4.69) is 11.4 Å². The molecule has 0 aromatic carbocycles. The van der Waals surface area contributed by atoms with E-state index in [9.17, 15) is 4.79 Å². The maximum absolute atomic E-state index is 11.0. The molecule has 0 aromatic heterocycles. The lowest BCUT2D eigenvalue weighted by Crippen LogP contribution is -2.23. The van der Waals surface area contributed by atoms with Gasteiger partial charge < -0.3 is 4.74 Å². The molecule has 0 aliphatic rings. The number of nitrogens with zero attached hydrogens (tertiary/aromatic N) is 1. The van der Waals surface area contributed by atoms with Crippen LogP contribution in [0.2, 0.25) is 0 Å². The molecular formula is C8H13NO3. The Bertz CT molecular complexity index is 198. The summed E-state index contributed by atoms with van der Waals surface area (Å²) in [5.74, 6) is 0.156. The normalized spacial score (nSPS) is 9.92. The zero-order valence-corrected chi connectivity index (χ0v) is 7.53. The van der Waals surface area contributed by atoms with Crippen molar-refractivity contribution in [1.82, 2.24) is 5.06 Å². The molecule has 0 N–H and O–H groups in total. The second-order valence-electron chi connectivity index (χ2n) is 2.02. The summed E-state index contributed by atoms with van der Waals surface area (Å²) in [6.45, 7) is 3.51. The summed E-state index contributed by atoms with van der Waals surface area (Å²) in [6.07, 6.45) is 2.78. The van der Waals surface area contributed by atoms with Gasteiger partial charge in [-0.3, -0.25) is 9.63 Å². The van der Waals surface area contributed by atoms with E-state index in [0.29, 0.717) is 5.76 Å². The quantitative estimate of drug-likeness (QED) is 0.271. The first kappa shape index (κ1) is 10.7. The number of hydrogen-bond acceptors (Lipinski definition) is 3. The smallest absolute Gasteiger partial charge is 0.269 e. The van der Waals surface area contributed by atoms with Crippen molar-refractivity contribution in [2.45, 2.75) is 0 Å². The highest BCUT2D eigenvalue weighted by molar-refractivity contribution is 5.86. The molecule has 0 unspecified atom stereocenters. The molecule has 0 saturated carbocycles. The summed E-state index contributed by atoms with van der Waals surface area (Å²) in [6, 6.07) is 0. The van der Waals surface area contributed by atoms with E-state index >= 15 is 0 Å². The van der Waals surface area contributed by atoms with Gasteiger partial charge in [-0.1, -0.05) is 6.58 Å². The van der Waals surface area contributed by atoms with Crippen LogP contribution in [0.3, 0.4) is 0 Å².